The van der Waals surface area contributed by atoms with E-state index >= 15 is 0 Å². The van der Waals surface area contributed by atoms with E-state index in [4.69, 9.17) is 16.4 Å². The van der Waals surface area contributed by atoms with E-state index in [0.717, 1.165) is 36.8 Å². The Labute approximate surface area is 140 Å². The molecular formula is C18H18ClNO3. The standard InChI is InChI=1S/C18H18ClNO3/c19-16-11-13(12-6-2-1-3-7-12)10-15(17(16)21)18(22)20-23-14-8-4-5-9-14/h1-3,6-7,10-11,14,21H,4-5,8-9H2,(H,20,22). The van der Waals surface area contributed by atoms with Crippen LogP contribution < -0.4 is 5.48 Å². The SMILES string of the molecule is O=C(NOC1CCCC1)c1cc(-c2ccccc2)cc(Cl)c1O. The number of halogens is 1. The van der Waals surface area contributed by atoms with Crippen LogP contribution in [0, 0.1) is 0 Å². The van der Waals surface area contributed by atoms with Crippen molar-refractivity contribution in [2.45, 2.75) is 31.8 Å². The number of carbonyl (C=O) groups is 1. The van der Waals surface area contributed by atoms with Crippen molar-refractivity contribution in [2.75, 3.05) is 0 Å². The molecule has 0 aromatic heterocycles. The number of aromatic hydroxyl groups is 1. The molecule has 1 saturated carbocycles. The second kappa shape index (κ2) is 7.02. The van der Waals surface area contributed by atoms with Crippen molar-refractivity contribution in [1.29, 1.82) is 0 Å². The van der Waals surface area contributed by atoms with Crippen molar-refractivity contribution < 1.29 is 14.7 Å². The maximum atomic E-state index is 12.3. The van der Waals surface area contributed by atoms with Crippen LogP contribution in [-0.2, 0) is 4.84 Å². The third kappa shape index (κ3) is 3.66. The number of benzene rings is 2. The van der Waals surface area contributed by atoms with Crippen molar-refractivity contribution in [3.8, 4) is 16.9 Å². The number of nitrogens with one attached hydrogen (secondary N) is 1. The summed E-state index contributed by atoms with van der Waals surface area (Å²) in [6.07, 6.45) is 4.16. The van der Waals surface area contributed by atoms with Crippen LogP contribution in [0.3, 0.4) is 0 Å². The third-order valence-electron chi connectivity index (χ3n) is 4.04. The molecule has 0 spiro atoms. The van der Waals surface area contributed by atoms with E-state index in [0.29, 0.717) is 0 Å². The highest BCUT2D eigenvalue weighted by atomic mass is 35.5. The zero-order valence-electron chi connectivity index (χ0n) is 12.6. The van der Waals surface area contributed by atoms with Crippen LogP contribution in [0.25, 0.3) is 11.1 Å². The smallest absolute Gasteiger partial charge is 0.278 e. The monoisotopic (exact) mass is 331 g/mol. The molecule has 0 atom stereocenters. The van der Waals surface area contributed by atoms with Gasteiger partial charge in [0, 0.05) is 0 Å². The lowest BCUT2D eigenvalue weighted by atomic mass is 10.0. The number of phenolic OH excluding ortho intramolecular Hbond substituents is 1. The summed E-state index contributed by atoms with van der Waals surface area (Å²) >= 11 is 6.07. The van der Waals surface area contributed by atoms with Gasteiger partial charge in [0.15, 0.2) is 0 Å². The minimum atomic E-state index is -0.492. The van der Waals surface area contributed by atoms with Crippen molar-refractivity contribution >= 4 is 17.5 Å². The minimum Gasteiger partial charge on any atom is -0.506 e. The van der Waals surface area contributed by atoms with Crippen LogP contribution >= 0.6 is 11.6 Å². The van der Waals surface area contributed by atoms with Crippen LogP contribution in [0.1, 0.15) is 36.0 Å². The Morgan fingerprint density at radius 3 is 2.52 bits per heavy atom. The van der Waals surface area contributed by atoms with Gasteiger partial charge in [-0.05, 0) is 36.1 Å². The molecule has 0 saturated heterocycles. The maximum Gasteiger partial charge on any atom is 0.278 e. The maximum absolute atomic E-state index is 12.3. The lowest BCUT2D eigenvalue weighted by Gasteiger charge is -2.13. The zero-order valence-corrected chi connectivity index (χ0v) is 13.3. The van der Waals surface area contributed by atoms with Crippen LogP contribution in [0.4, 0.5) is 0 Å². The molecule has 0 bridgehead atoms. The lowest BCUT2D eigenvalue weighted by molar-refractivity contribution is -0.0126. The van der Waals surface area contributed by atoms with Gasteiger partial charge >= 0.3 is 0 Å². The van der Waals surface area contributed by atoms with Gasteiger partial charge in [-0.2, -0.15) is 0 Å². The van der Waals surface area contributed by atoms with E-state index in [1.807, 2.05) is 30.3 Å². The average Bonchev–Trinajstić information content (AvgIpc) is 3.09. The molecule has 0 radical (unpaired) electrons. The molecule has 1 aliphatic carbocycles. The summed E-state index contributed by atoms with van der Waals surface area (Å²) in [5.41, 5.74) is 4.22. The van der Waals surface area contributed by atoms with Crippen molar-refractivity contribution in [2.24, 2.45) is 0 Å². The Hall–Kier alpha value is -2.04. The molecule has 2 N–H and O–H groups in total. The van der Waals surface area contributed by atoms with E-state index < -0.39 is 5.91 Å². The van der Waals surface area contributed by atoms with Gasteiger partial charge in [-0.15, -0.1) is 0 Å². The number of phenols is 1. The second-order valence-electron chi connectivity index (χ2n) is 5.68. The summed E-state index contributed by atoms with van der Waals surface area (Å²) in [5, 5.41) is 10.2. The van der Waals surface area contributed by atoms with Gasteiger partial charge < -0.3 is 5.11 Å². The van der Waals surface area contributed by atoms with Crippen LogP contribution in [-0.4, -0.2) is 17.1 Å². The van der Waals surface area contributed by atoms with Gasteiger partial charge in [0.25, 0.3) is 5.91 Å². The van der Waals surface area contributed by atoms with Crippen LogP contribution in [0.15, 0.2) is 42.5 Å². The number of rotatable bonds is 4. The third-order valence-corrected chi connectivity index (χ3v) is 4.32. The van der Waals surface area contributed by atoms with Gasteiger partial charge in [0.1, 0.15) is 5.75 Å². The Balaban J connectivity index is 1.82. The van der Waals surface area contributed by atoms with E-state index in [2.05, 4.69) is 5.48 Å². The summed E-state index contributed by atoms with van der Waals surface area (Å²) in [7, 11) is 0. The van der Waals surface area contributed by atoms with Gasteiger partial charge in [0.2, 0.25) is 0 Å². The summed E-state index contributed by atoms with van der Waals surface area (Å²) in [6, 6.07) is 12.8. The highest BCUT2D eigenvalue weighted by Gasteiger charge is 2.20. The molecule has 3 rings (SSSR count). The van der Waals surface area contributed by atoms with Crippen LogP contribution in [0.2, 0.25) is 5.02 Å². The largest absolute Gasteiger partial charge is 0.506 e. The van der Waals surface area contributed by atoms with Gasteiger partial charge in [-0.25, -0.2) is 5.48 Å². The quantitative estimate of drug-likeness (QED) is 0.820. The number of hydroxylamine groups is 1. The summed E-state index contributed by atoms with van der Waals surface area (Å²) in [5.74, 6) is -0.729. The highest BCUT2D eigenvalue weighted by Crippen LogP contribution is 2.33. The Kier molecular flexibility index (Phi) is 4.84. The lowest BCUT2D eigenvalue weighted by Crippen LogP contribution is -2.28. The van der Waals surface area contributed by atoms with E-state index in [1.165, 1.54) is 0 Å². The Bertz CT molecular complexity index is 697. The molecule has 5 heteroatoms. The molecule has 1 amide bonds. The second-order valence-corrected chi connectivity index (χ2v) is 6.08. The molecule has 0 unspecified atom stereocenters. The van der Waals surface area contributed by atoms with E-state index in [1.54, 1.807) is 12.1 Å². The predicted molar refractivity (Wildman–Crippen MR) is 89.4 cm³/mol. The summed E-state index contributed by atoms with van der Waals surface area (Å²) in [6.45, 7) is 0. The fourth-order valence-corrected chi connectivity index (χ4v) is 2.99. The molecule has 4 nitrogen and oxygen atoms in total. The molecule has 0 heterocycles. The number of hydrogen-bond donors (Lipinski definition) is 2. The number of amides is 1. The van der Waals surface area contributed by atoms with Crippen LogP contribution in [0.5, 0.6) is 5.75 Å². The number of carbonyl (C=O) groups excluding carboxylic acids is 1. The predicted octanol–water partition coefficient (Wildman–Crippen LogP) is 4.32. The Morgan fingerprint density at radius 1 is 1.13 bits per heavy atom. The van der Waals surface area contributed by atoms with Gasteiger partial charge in [-0.1, -0.05) is 54.8 Å². The van der Waals surface area contributed by atoms with Crippen molar-refractivity contribution in [1.82, 2.24) is 5.48 Å². The first-order valence-electron chi connectivity index (χ1n) is 7.69. The topological polar surface area (TPSA) is 58.6 Å². The fourth-order valence-electron chi connectivity index (χ4n) is 2.77. The van der Waals surface area contributed by atoms with Crippen molar-refractivity contribution in [3.05, 3.63) is 53.1 Å². The molecule has 2 aromatic carbocycles. The van der Waals surface area contributed by atoms with Gasteiger partial charge in [0.05, 0.1) is 16.7 Å². The molecular weight excluding hydrogens is 314 g/mol. The van der Waals surface area contributed by atoms with Gasteiger partial charge in [-0.3, -0.25) is 9.63 Å². The minimum absolute atomic E-state index is 0.0499. The molecule has 1 aliphatic rings. The first-order chi connectivity index (χ1) is 11.1. The Morgan fingerprint density at radius 2 is 1.83 bits per heavy atom. The molecule has 1 fully saturated rings. The highest BCUT2D eigenvalue weighted by molar-refractivity contribution is 6.33. The summed E-state index contributed by atoms with van der Waals surface area (Å²) < 4.78 is 0. The van der Waals surface area contributed by atoms with E-state index in [9.17, 15) is 9.90 Å². The molecule has 0 aliphatic heterocycles. The number of hydrogen-bond acceptors (Lipinski definition) is 3. The molecule has 2 aromatic rings. The zero-order chi connectivity index (χ0) is 16.2. The first kappa shape index (κ1) is 15.8. The van der Waals surface area contributed by atoms with Crippen molar-refractivity contribution in [3.63, 3.8) is 0 Å². The normalized spacial score (nSPS) is 14.8. The van der Waals surface area contributed by atoms with E-state index in [-0.39, 0.29) is 22.4 Å². The fraction of sp³-hybridized carbons (Fsp3) is 0.278. The summed E-state index contributed by atoms with van der Waals surface area (Å²) in [4.78, 5) is 17.7. The molecule has 23 heavy (non-hydrogen) atoms. The average molecular weight is 332 g/mol. The molecule has 120 valence electrons. The first-order valence-corrected chi connectivity index (χ1v) is 8.07.